The summed E-state index contributed by atoms with van der Waals surface area (Å²) in [6, 6.07) is 18.3. The number of ether oxygens (including phenoxy) is 2. The first-order valence-corrected chi connectivity index (χ1v) is 14.9. The molecule has 1 N–H and O–H groups in total. The molecule has 0 bridgehead atoms. The third-order valence-corrected chi connectivity index (χ3v) is 8.44. The first kappa shape index (κ1) is 31.8. The zero-order chi connectivity index (χ0) is 30.2. The smallest absolute Gasteiger partial charge is 0.264 e. The molecule has 0 aliphatic carbocycles. The van der Waals surface area contributed by atoms with E-state index in [1.807, 2.05) is 13.8 Å². The van der Waals surface area contributed by atoms with Crippen molar-refractivity contribution < 1.29 is 27.5 Å². The van der Waals surface area contributed by atoms with E-state index in [1.165, 1.54) is 48.4 Å². The topological polar surface area (TPSA) is 105 Å². The van der Waals surface area contributed by atoms with Gasteiger partial charge in [-0.15, -0.1) is 0 Å². The number of hydrogen-bond donors (Lipinski definition) is 1. The molecule has 0 aromatic heterocycles. The molecule has 0 fully saturated rings. The second kappa shape index (κ2) is 14.2. The minimum atomic E-state index is -4.20. The number of sulfonamides is 1. The van der Waals surface area contributed by atoms with Gasteiger partial charge in [0.2, 0.25) is 11.8 Å². The van der Waals surface area contributed by atoms with Gasteiger partial charge in [0.05, 0.1) is 24.8 Å². The number of rotatable bonds is 13. The summed E-state index contributed by atoms with van der Waals surface area (Å²) in [4.78, 5) is 28.4. The Bertz CT molecular complexity index is 1410. The van der Waals surface area contributed by atoms with E-state index >= 15 is 0 Å². The molecule has 0 radical (unpaired) electrons. The van der Waals surface area contributed by atoms with Crippen molar-refractivity contribution >= 4 is 39.1 Å². The SMILES string of the molecule is COc1ccc(CN(C(=O)CN(c2ccc(Cl)cc2)S(=O)(=O)c2ccc(OC)cc2)[C@H](C)C(=O)NCC(C)C)cc1. The van der Waals surface area contributed by atoms with E-state index in [9.17, 15) is 18.0 Å². The number of anilines is 1. The highest BCUT2D eigenvalue weighted by molar-refractivity contribution is 7.92. The summed E-state index contributed by atoms with van der Waals surface area (Å²) in [5, 5.41) is 3.28. The van der Waals surface area contributed by atoms with E-state index in [4.69, 9.17) is 21.1 Å². The Kier molecular flexibility index (Phi) is 11.0. The fourth-order valence-electron chi connectivity index (χ4n) is 3.97. The summed E-state index contributed by atoms with van der Waals surface area (Å²) in [6.45, 7) is 5.54. The average molecular weight is 602 g/mol. The summed E-state index contributed by atoms with van der Waals surface area (Å²) in [5.41, 5.74) is 0.999. The van der Waals surface area contributed by atoms with E-state index in [0.29, 0.717) is 23.1 Å². The van der Waals surface area contributed by atoms with Crippen molar-refractivity contribution in [2.45, 2.75) is 38.3 Å². The molecule has 0 saturated carbocycles. The van der Waals surface area contributed by atoms with E-state index < -0.39 is 28.5 Å². The number of benzene rings is 3. The van der Waals surface area contributed by atoms with Gasteiger partial charge in [-0.2, -0.15) is 0 Å². The summed E-state index contributed by atoms with van der Waals surface area (Å²) in [7, 11) is -1.16. The molecule has 0 spiro atoms. The van der Waals surface area contributed by atoms with Crippen LogP contribution in [0.2, 0.25) is 5.02 Å². The fourth-order valence-corrected chi connectivity index (χ4v) is 5.51. The van der Waals surface area contributed by atoms with Crippen molar-refractivity contribution in [3.05, 3.63) is 83.4 Å². The van der Waals surface area contributed by atoms with Gasteiger partial charge in [-0.05, 0) is 79.1 Å². The lowest BCUT2D eigenvalue weighted by atomic mass is 10.1. The first-order valence-electron chi connectivity index (χ1n) is 13.1. The van der Waals surface area contributed by atoms with Crippen LogP contribution in [0.5, 0.6) is 11.5 Å². The molecule has 220 valence electrons. The van der Waals surface area contributed by atoms with E-state index in [1.54, 1.807) is 50.4 Å². The largest absolute Gasteiger partial charge is 0.497 e. The van der Waals surface area contributed by atoms with Gasteiger partial charge in [0, 0.05) is 18.1 Å². The molecular weight excluding hydrogens is 566 g/mol. The van der Waals surface area contributed by atoms with Gasteiger partial charge in [-0.25, -0.2) is 8.42 Å². The Morgan fingerprint density at radius 2 is 1.39 bits per heavy atom. The van der Waals surface area contributed by atoms with Crippen LogP contribution in [0.4, 0.5) is 5.69 Å². The maximum absolute atomic E-state index is 14.0. The maximum Gasteiger partial charge on any atom is 0.264 e. The van der Waals surface area contributed by atoms with Crippen LogP contribution in [-0.2, 0) is 26.2 Å². The predicted octanol–water partition coefficient (Wildman–Crippen LogP) is 4.74. The number of methoxy groups -OCH3 is 2. The van der Waals surface area contributed by atoms with Crippen LogP contribution in [0.25, 0.3) is 0 Å². The lowest BCUT2D eigenvalue weighted by Gasteiger charge is -2.32. The molecular formula is C30H36ClN3O6S. The van der Waals surface area contributed by atoms with Crippen molar-refractivity contribution in [1.29, 1.82) is 0 Å². The van der Waals surface area contributed by atoms with Gasteiger partial charge in [0.25, 0.3) is 10.0 Å². The molecule has 1 atom stereocenters. The summed E-state index contributed by atoms with van der Waals surface area (Å²) >= 11 is 6.07. The number of nitrogens with zero attached hydrogens (tertiary/aromatic N) is 2. The molecule has 3 rings (SSSR count). The van der Waals surface area contributed by atoms with Crippen LogP contribution in [0, 0.1) is 5.92 Å². The molecule has 0 unspecified atom stereocenters. The van der Waals surface area contributed by atoms with Crippen molar-refractivity contribution in [3.8, 4) is 11.5 Å². The number of hydrogen-bond acceptors (Lipinski definition) is 6. The number of carbonyl (C=O) groups excluding carboxylic acids is 2. The molecule has 11 heteroatoms. The molecule has 3 aromatic rings. The third-order valence-electron chi connectivity index (χ3n) is 6.40. The number of nitrogens with one attached hydrogen (secondary N) is 1. The molecule has 2 amide bonds. The Balaban J connectivity index is 2.00. The van der Waals surface area contributed by atoms with Gasteiger partial charge >= 0.3 is 0 Å². The Labute approximate surface area is 247 Å². The highest BCUT2D eigenvalue weighted by Gasteiger charge is 2.32. The molecule has 0 saturated heterocycles. The second-order valence-electron chi connectivity index (χ2n) is 9.85. The van der Waals surface area contributed by atoms with Crippen LogP contribution in [0.3, 0.4) is 0 Å². The molecule has 41 heavy (non-hydrogen) atoms. The minimum absolute atomic E-state index is 0.0227. The average Bonchev–Trinajstić information content (AvgIpc) is 2.97. The standard InChI is InChI=1S/C30H36ClN3O6S/c1-21(2)18-32-30(36)22(3)33(19-23-6-12-26(39-4)13-7-23)29(35)20-34(25-10-8-24(31)9-11-25)41(37,38)28-16-14-27(40-5)15-17-28/h6-17,21-22H,18-20H2,1-5H3,(H,32,36)/t22-/m1/s1. The van der Waals surface area contributed by atoms with Crippen LogP contribution in [0.1, 0.15) is 26.3 Å². The van der Waals surface area contributed by atoms with Crippen LogP contribution >= 0.6 is 11.6 Å². The van der Waals surface area contributed by atoms with Gasteiger partial charge in [-0.1, -0.05) is 37.6 Å². The number of carbonyl (C=O) groups is 2. The van der Waals surface area contributed by atoms with Crippen molar-refractivity contribution in [2.24, 2.45) is 5.92 Å². The molecule has 3 aromatic carbocycles. The molecule has 0 aliphatic rings. The highest BCUT2D eigenvalue weighted by atomic mass is 35.5. The van der Waals surface area contributed by atoms with Gasteiger partial charge in [-0.3, -0.25) is 13.9 Å². The first-order chi connectivity index (χ1) is 19.5. The molecule has 9 nitrogen and oxygen atoms in total. The summed E-state index contributed by atoms with van der Waals surface area (Å²) < 4.78 is 39.2. The van der Waals surface area contributed by atoms with Gasteiger partial charge in [0.15, 0.2) is 0 Å². The Morgan fingerprint density at radius 1 is 0.854 bits per heavy atom. The molecule has 0 aliphatic heterocycles. The summed E-state index contributed by atoms with van der Waals surface area (Å²) in [5.74, 6) is 0.461. The minimum Gasteiger partial charge on any atom is -0.497 e. The number of halogens is 1. The van der Waals surface area contributed by atoms with Crippen LogP contribution in [0.15, 0.2) is 77.7 Å². The normalized spacial score (nSPS) is 12.0. The van der Waals surface area contributed by atoms with Crippen LogP contribution in [-0.4, -0.2) is 58.5 Å². The molecule has 0 heterocycles. The zero-order valence-electron chi connectivity index (χ0n) is 23.8. The van der Waals surface area contributed by atoms with Gasteiger partial charge < -0.3 is 19.7 Å². The van der Waals surface area contributed by atoms with E-state index in [-0.39, 0.29) is 29.0 Å². The monoisotopic (exact) mass is 601 g/mol. The van der Waals surface area contributed by atoms with Crippen LogP contribution < -0.4 is 19.1 Å². The highest BCUT2D eigenvalue weighted by Crippen LogP contribution is 2.27. The van der Waals surface area contributed by atoms with E-state index in [2.05, 4.69) is 5.32 Å². The Morgan fingerprint density at radius 3 is 1.90 bits per heavy atom. The van der Waals surface area contributed by atoms with Crippen molar-refractivity contribution in [1.82, 2.24) is 10.2 Å². The Hall–Kier alpha value is -3.76. The summed E-state index contributed by atoms with van der Waals surface area (Å²) in [6.07, 6.45) is 0. The fraction of sp³-hybridized carbons (Fsp3) is 0.333. The second-order valence-corrected chi connectivity index (χ2v) is 12.1. The lowest BCUT2D eigenvalue weighted by molar-refractivity contribution is -0.139. The van der Waals surface area contributed by atoms with E-state index in [0.717, 1.165) is 9.87 Å². The number of amides is 2. The quantitative estimate of drug-likeness (QED) is 0.303. The zero-order valence-corrected chi connectivity index (χ0v) is 25.4. The van der Waals surface area contributed by atoms with Crippen molar-refractivity contribution in [3.63, 3.8) is 0 Å². The van der Waals surface area contributed by atoms with Gasteiger partial charge in [0.1, 0.15) is 24.1 Å². The maximum atomic E-state index is 14.0. The predicted molar refractivity (Wildman–Crippen MR) is 160 cm³/mol. The third kappa shape index (κ3) is 8.37. The lowest BCUT2D eigenvalue weighted by Crippen LogP contribution is -2.51. The van der Waals surface area contributed by atoms with Crippen molar-refractivity contribution in [2.75, 3.05) is 31.6 Å².